The molecule has 104 valence electrons. The second kappa shape index (κ2) is 6.55. The fourth-order valence-electron chi connectivity index (χ4n) is 2.68. The Bertz CT molecular complexity index is 433. The van der Waals surface area contributed by atoms with Gasteiger partial charge in [-0.15, -0.1) is 0 Å². The number of likely N-dealkylation sites (tertiary alicyclic amines) is 1. The highest BCUT2D eigenvalue weighted by Crippen LogP contribution is 2.34. The molecule has 1 aliphatic rings. The maximum Gasteiger partial charge on any atom is 0.219 e. The van der Waals surface area contributed by atoms with Gasteiger partial charge in [0.1, 0.15) is 5.82 Å². The lowest BCUT2D eigenvalue weighted by Crippen LogP contribution is -2.28. The van der Waals surface area contributed by atoms with E-state index in [1.54, 1.807) is 6.92 Å². The van der Waals surface area contributed by atoms with Crippen LogP contribution >= 0.6 is 0 Å². The third kappa shape index (κ3) is 3.25. The summed E-state index contributed by atoms with van der Waals surface area (Å²) < 4.78 is 0. The monoisotopic (exact) mass is 261 g/mol. The van der Waals surface area contributed by atoms with E-state index in [1.807, 2.05) is 17.2 Å². The highest BCUT2D eigenvalue weighted by atomic mass is 16.2. The molecule has 1 N–H and O–H groups in total. The summed E-state index contributed by atoms with van der Waals surface area (Å²) in [6, 6.07) is 4.24. The van der Waals surface area contributed by atoms with Crippen molar-refractivity contribution in [3.8, 4) is 0 Å². The number of hydrogen-bond donors (Lipinski definition) is 1. The number of anilines is 1. The summed E-state index contributed by atoms with van der Waals surface area (Å²) >= 11 is 0. The second-order valence-corrected chi connectivity index (χ2v) is 5.09. The van der Waals surface area contributed by atoms with Crippen LogP contribution in [0.1, 0.15) is 51.1 Å². The van der Waals surface area contributed by atoms with Crippen molar-refractivity contribution in [1.82, 2.24) is 9.88 Å². The molecule has 0 saturated carbocycles. The Labute approximate surface area is 115 Å². The Kier molecular flexibility index (Phi) is 4.77. The molecule has 2 heterocycles. The van der Waals surface area contributed by atoms with Crippen molar-refractivity contribution in [3.05, 3.63) is 23.9 Å². The van der Waals surface area contributed by atoms with Crippen molar-refractivity contribution >= 4 is 11.7 Å². The summed E-state index contributed by atoms with van der Waals surface area (Å²) in [5.74, 6) is 1.10. The number of nitrogens with one attached hydrogen (secondary N) is 1. The minimum Gasteiger partial charge on any atom is -0.370 e. The topological polar surface area (TPSA) is 45.2 Å². The van der Waals surface area contributed by atoms with Crippen molar-refractivity contribution in [3.63, 3.8) is 0 Å². The zero-order valence-electron chi connectivity index (χ0n) is 11.9. The number of amides is 1. The van der Waals surface area contributed by atoms with Crippen LogP contribution in [0.25, 0.3) is 0 Å². The predicted molar refractivity (Wildman–Crippen MR) is 77.0 cm³/mol. The zero-order chi connectivity index (χ0) is 13.7. The summed E-state index contributed by atoms with van der Waals surface area (Å²) in [5, 5.41) is 3.40. The zero-order valence-corrected chi connectivity index (χ0v) is 11.9. The molecule has 1 aromatic heterocycles. The highest BCUT2D eigenvalue weighted by molar-refractivity contribution is 5.74. The van der Waals surface area contributed by atoms with E-state index in [0.717, 1.165) is 50.2 Å². The molecule has 19 heavy (non-hydrogen) atoms. The number of nitrogens with zero attached hydrogens (tertiary/aromatic N) is 2. The second-order valence-electron chi connectivity index (χ2n) is 5.09. The average Bonchev–Trinajstić information content (AvgIpc) is 2.89. The molecule has 4 heteroatoms. The Morgan fingerprint density at radius 2 is 2.42 bits per heavy atom. The number of carbonyl (C=O) groups excluding carboxylic acids is 1. The summed E-state index contributed by atoms with van der Waals surface area (Å²) in [7, 11) is 0. The number of unbranched alkanes of at least 4 members (excludes halogenated alkanes) is 1. The minimum absolute atomic E-state index is 0.158. The van der Waals surface area contributed by atoms with Crippen molar-refractivity contribution in [2.24, 2.45) is 0 Å². The molecular weight excluding hydrogens is 238 g/mol. The number of carbonyl (C=O) groups is 1. The maximum atomic E-state index is 11.7. The standard InChI is InChI=1S/C15H23N3O/c1-3-4-9-16-15-13(7-5-10-17-15)14-8-6-11-18(14)12(2)19/h5,7,10,14H,3-4,6,8-9,11H2,1-2H3,(H,16,17)/t14-/m0/s1. The molecule has 0 unspecified atom stereocenters. The molecule has 0 bridgehead atoms. The van der Waals surface area contributed by atoms with Crippen LogP contribution < -0.4 is 5.32 Å². The Hall–Kier alpha value is -1.58. The molecule has 0 aromatic carbocycles. The summed E-state index contributed by atoms with van der Waals surface area (Å²) in [5.41, 5.74) is 1.16. The average molecular weight is 261 g/mol. The van der Waals surface area contributed by atoms with Crippen molar-refractivity contribution in [2.45, 2.75) is 45.6 Å². The van der Waals surface area contributed by atoms with Gasteiger partial charge in [0.05, 0.1) is 6.04 Å². The van der Waals surface area contributed by atoms with E-state index in [4.69, 9.17) is 0 Å². The SMILES string of the molecule is CCCCNc1ncccc1[C@@H]1CCCN1C(C)=O. The first kappa shape index (κ1) is 13.8. The van der Waals surface area contributed by atoms with Gasteiger partial charge in [-0.25, -0.2) is 4.98 Å². The van der Waals surface area contributed by atoms with E-state index in [9.17, 15) is 4.79 Å². The van der Waals surface area contributed by atoms with Gasteiger partial charge in [0.15, 0.2) is 0 Å². The third-order valence-corrected chi connectivity index (χ3v) is 3.68. The molecule has 1 atom stereocenters. The van der Waals surface area contributed by atoms with Crippen LogP contribution in [0, 0.1) is 0 Å². The molecule has 2 rings (SSSR count). The summed E-state index contributed by atoms with van der Waals surface area (Å²) in [6.45, 7) is 5.63. The lowest BCUT2D eigenvalue weighted by molar-refractivity contribution is -0.129. The van der Waals surface area contributed by atoms with Gasteiger partial charge in [0.2, 0.25) is 5.91 Å². The predicted octanol–water partition coefficient (Wildman–Crippen LogP) is 2.98. The molecule has 0 radical (unpaired) electrons. The molecule has 0 aliphatic carbocycles. The van der Waals surface area contributed by atoms with E-state index >= 15 is 0 Å². The first-order valence-electron chi connectivity index (χ1n) is 7.20. The lowest BCUT2D eigenvalue weighted by Gasteiger charge is -2.25. The normalized spacial score (nSPS) is 18.6. The molecule has 1 aliphatic heterocycles. The fraction of sp³-hybridized carbons (Fsp3) is 0.600. The maximum absolute atomic E-state index is 11.7. The van der Waals surface area contributed by atoms with Crippen LogP contribution in [0.2, 0.25) is 0 Å². The van der Waals surface area contributed by atoms with E-state index in [-0.39, 0.29) is 11.9 Å². The number of aromatic nitrogens is 1. The summed E-state index contributed by atoms with van der Waals surface area (Å²) in [6.07, 6.45) is 6.22. The molecule has 1 fully saturated rings. The van der Waals surface area contributed by atoms with Gasteiger partial charge in [-0.1, -0.05) is 19.4 Å². The lowest BCUT2D eigenvalue weighted by atomic mass is 10.1. The third-order valence-electron chi connectivity index (χ3n) is 3.68. The van der Waals surface area contributed by atoms with Gasteiger partial charge in [-0.2, -0.15) is 0 Å². The van der Waals surface area contributed by atoms with Crippen LogP contribution in [0.3, 0.4) is 0 Å². The van der Waals surface area contributed by atoms with Crippen molar-refractivity contribution < 1.29 is 4.79 Å². The first-order chi connectivity index (χ1) is 9.24. The van der Waals surface area contributed by atoms with Gasteiger partial charge in [-0.05, 0) is 25.3 Å². The molecule has 4 nitrogen and oxygen atoms in total. The Balaban J connectivity index is 2.16. The van der Waals surface area contributed by atoms with Crippen LogP contribution in [-0.4, -0.2) is 28.9 Å². The highest BCUT2D eigenvalue weighted by Gasteiger charge is 2.29. The first-order valence-corrected chi connectivity index (χ1v) is 7.20. The number of rotatable bonds is 5. The Morgan fingerprint density at radius 3 is 3.16 bits per heavy atom. The van der Waals surface area contributed by atoms with Gasteiger partial charge >= 0.3 is 0 Å². The molecule has 1 aromatic rings. The van der Waals surface area contributed by atoms with Gasteiger partial charge in [0.25, 0.3) is 0 Å². The van der Waals surface area contributed by atoms with Crippen molar-refractivity contribution in [2.75, 3.05) is 18.4 Å². The van der Waals surface area contributed by atoms with E-state index in [1.165, 1.54) is 0 Å². The smallest absolute Gasteiger partial charge is 0.219 e. The minimum atomic E-state index is 0.158. The van der Waals surface area contributed by atoms with E-state index in [0.29, 0.717) is 0 Å². The van der Waals surface area contributed by atoms with Crippen molar-refractivity contribution in [1.29, 1.82) is 0 Å². The van der Waals surface area contributed by atoms with Crippen LogP contribution in [0.4, 0.5) is 5.82 Å². The fourth-order valence-corrected chi connectivity index (χ4v) is 2.68. The number of hydrogen-bond acceptors (Lipinski definition) is 3. The summed E-state index contributed by atoms with van der Waals surface area (Å²) in [4.78, 5) is 18.1. The molecular formula is C15H23N3O. The van der Waals surface area contributed by atoms with Crippen LogP contribution in [0.15, 0.2) is 18.3 Å². The number of pyridine rings is 1. The molecule has 1 amide bonds. The van der Waals surface area contributed by atoms with E-state index < -0.39 is 0 Å². The molecule has 1 saturated heterocycles. The van der Waals surface area contributed by atoms with E-state index in [2.05, 4.69) is 23.3 Å². The largest absolute Gasteiger partial charge is 0.370 e. The van der Waals surface area contributed by atoms with Gasteiger partial charge < -0.3 is 10.2 Å². The Morgan fingerprint density at radius 1 is 1.58 bits per heavy atom. The quantitative estimate of drug-likeness (QED) is 0.829. The van der Waals surface area contributed by atoms with Crippen LogP contribution in [-0.2, 0) is 4.79 Å². The van der Waals surface area contributed by atoms with Crippen LogP contribution in [0.5, 0.6) is 0 Å². The van der Waals surface area contributed by atoms with Gasteiger partial charge in [-0.3, -0.25) is 4.79 Å². The van der Waals surface area contributed by atoms with Gasteiger partial charge in [0, 0.05) is 31.8 Å². The molecule has 0 spiro atoms.